The van der Waals surface area contributed by atoms with Crippen LogP contribution in [0.15, 0.2) is 66.5 Å². The zero-order valence-electron chi connectivity index (χ0n) is 35.2. The number of hydrogen-bond acceptors (Lipinski definition) is 4. The Kier molecular flexibility index (Phi) is 11.9. The van der Waals surface area contributed by atoms with Gasteiger partial charge in [0.15, 0.2) is 5.78 Å². The van der Waals surface area contributed by atoms with Gasteiger partial charge in [-0.2, -0.15) is 0 Å². The van der Waals surface area contributed by atoms with Crippen molar-refractivity contribution in [2.45, 2.75) is 114 Å². The summed E-state index contributed by atoms with van der Waals surface area (Å²) in [5.41, 5.74) is 4.32. The first-order chi connectivity index (χ1) is 24.3. The van der Waals surface area contributed by atoms with E-state index >= 15 is 0 Å². The van der Waals surface area contributed by atoms with Crippen molar-refractivity contribution >= 4 is 48.1 Å². The van der Waals surface area contributed by atoms with Crippen LogP contribution < -0.4 is 0 Å². The first-order valence-corrected chi connectivity index (χ1v) is 18.3. The summed E-state index contributed by atoms with van der Waals surface area (Å²) in [5.74, 6) is 0.547. The van der Waals surface area contributed by atoms with Crippen LogP contribution >= 0.6 is 11.3 Å². The van der Waals surface area contributed by atoms with Gasteiger partial charge in [-0.25, -0.2) is 0 Å². The largest absolute Gasteiger partial charge is 0.512 e. The van der Waals surface area contributed by atoms with Crippen molar-refractivity contribution in [3.63, 3.8) is 0 Å². The maximum Gasteiger partial charge on any atom is 0.162 e. The first-order valence-electron chi connectivity index (χ1n) is 19.5. The fourth-order valence-electron chi connectivity index (χ4n) is 6.31. The minimum absolute atomic E-state index is 0. The fourth-order valence-corrected chi connectivity index (χ4v) is 7.55. The van der Waals surface area contributed by atoms with Crippen molar-refractivity contribution in [3.8, 4) is 11.3 Å². The quantitative estimate of drug-likeness (QED) is 0.0913. The van der Waals surface area contributed by atoms with Gasteiger partial charge in [0.05, 0.1) is 11.2 Å². The molecule has 1 radical (unpaired) electrons. The van der Waals surface area contributed by atoms with Crippen molar-refractivity contribution in [1.82, 2.24) is 4.98 Å². The molecule has 0 saturated carbocycles. The van der Waals surface area contributed by atoms with Crippen LogP contribution in [0.2, 0.25) is 0 Å². The molecule has 49 heavy (non-hydrogen) atoms. The van der Waals surface area contributed by atoms with Gasteiger partial charge in [-0.15, -0.1) is 40.5 Å². The summed E-state index contributed by atoms with van der Waals surface area (Å²) < 4.78 is 36.8. The Morgan fingerprint density at radius 1 is 0.918 bits per heavy atom. The number of hydrogen-bond donors (Lipinski definition) is 1. The van der Waals surface area contributed by atoms with Crippen LogP contribution in [0.3, 0.4) is 0 Å². The molecule has 5 aromatic rings. The maximum atomic E-state index is 11.7. The predicted molar refractivity (Wildman–Crippen MR) is 209 cm³/mol. The Balaban J connectivity index is 0.000000403. The molecule has 5 heteroatoms. The number of nitrogens with zero attached hydrogens (tertiary/aromatic N) is 1. The molecule has 0 amide bonds. The molecule has 0 aliphatic rings. The van der Waals surface area contributed by atoms with E-state index in [0.29, 0.717) is 22.9 Å². The Bertz CT molecular complexity index is 2130. The van der Waals surface area contributed by atoms with Crippen molar-refractivity contribution in [2.24, 2.45) is 17.3 Å². The molecule has 0 spiro atoms. The van der Waals surface area contributed by atoms with Crippen LogP contribution in [0.5, 0.6) is 0 Å². The third-order valence-electron chi connectivity index (χ3n) is 9.23. The van der Waals surface area contributed by atoms with E-state index in [4.69, 9.17) is 5.48 Å². The number of aliphatic hydroxyl groups excluding tert-OH is 1. The Hall–Kier alpha value is -2.85. The summed E-state index contributed by atoms with van der Waals surface area (Å²) in [6, 6.07) is 14.2. The number of aryl methyl sites for hydroxylation is 1. The van der Waals surface area contributed by atoms with Gasteiger partial charge in [-0.3, -0.25) is 9.78 Å². The number of carbonyl (C=O) groups excluding carboxylic acids is 1. The van der Waals surface area contributed by atoms with Gasteiger partial charge in [-0.1, -0.05) is 110 Å². The molecule has 0 bridgehead atoms. The average Bonchev–Trinajstić information content (AvgIpc) is 3.49. The number of fused-ring (bicyclic) bond motifs is 4. The molecule has 0 atom stereocenters. The first kappa shape index (κ1) is 34.6. The molecule has 265 valence electrons. The van der Waals surface area contributed by atoms with Crippen molar-refractivity contribution in [3.05, 3.63) is 89.2 Å². The number of benzene rings is 3. The molecule has 1 N–H and O–H groups in total. The summed E-state index contributed by atoms with van der Waals surface area (Å²) in [4.78, 5) is 16.3. The second-order valence-corrected chi connectivity index (χ2v) is 16.2. The van der Waals surface area contributed by atoms with Crippen LogP contribution in [0.1, 0.15) is 117 Å². The minimum atomic E-state index is -0.122. The number of allylic oxidation sites excluding steroid dienone is 2. The van der Waals surface area contributed by atoms with Gasteiger partial charge in [0, 0.05) is 64.7 Å². The summed E-state index contributed by atoms with van der Waals surface area (Å²) in [5, 5.41) is 13.0. The van der Waals surface area contributed by atoms with Gasteiger partial charge in [0.25, 0.3) is 0 Å². The Morgan fingerprint density at radius 3 is 2.12 bits per heavy atom. The average molecular weight is 859 g/mol. The molecule has 0 aliphatic carbocycles. The molecular weight excluding hydrogens is 799 g/mol. The Labute approximate surface area is 318 Å². The van der Waals surface area contributed by atoms with Crippen LogP contribution in [-0.4, -0.2) is 15.9 Å². The number of rotatable bonds is 9. The minimum Gasteiger partial charge on any atom is -0.512 e. The zero-order valence-corrected chi connectivity index (χ0v) is 34.4. The van der Waals surface area contributed by atoms with E-state index < -0.39 is 0 Å². The smallest absolute Gasteiger partial charge is 0.162 e. The standard InChI is InChI=1S/C31H32NS.C13H24O2.Ir/c1-19-21(18-30(2,3)4)12-13-24-25-14-15-32-27(29(25)33-28(19)24)22-16-20-10-8-9-11-23(20)26(17-22)31(5,6)7;1-5-10(6-2)12(14)9-13(15)11(7-3)8-4;/h8-15,17H,18H2,1-7H3;9-11,14H,5-8H2,1-4H3;/q-1;;/b;12-9-;/i12D,13D,14D,15D;;. The van der Waals surface area contributed by atoms with Crippen LogP contribution in [0, 0.1) is 30.2 Å². The van der Waals surface area contributed by atoms with E-state index in [9.17, 15) is 9.90 Å². The summed E-state index contributed by atoms with van der Waals surface area (Å²) in [6.45, 7) is 23.1. The molecule has 0 fully saturated rings. The van der Waals surface area contributed by atoms with E-state index in [-0.39, 0.29) is 78.6 Å². The number of carbonyl (C=O) groups is 1. The molecule has 2 heterocycles. The second-order valence-electron chi connectivity index (χ2n) is 15.2. The third-order valence-corrected chi connectivity index (χ3v) is 10.5. The maximum absolute atomic E-state index is 11.7. The monoisotopic (exact) mass is 859 g/mol. The van der Waals surface area contributed by atoms with Crippen molar-refractivity contribution in [2.75, 3.05) is 0 Å². The number of aliphatic hydroxyl groups is 1. The fraction of sp³-hybridized carbons (Fsp3) is 0.455. The van der Waals surface area contributed by atoms with Crippen molar-refractivity contribution in [1.29, 1.82) is 0 Å². The second kappa shape index (κ2) is 16.9. The van der Waals surface area contributed by atoms with Crippen LogP contribution in [0.25, 0.3) is 42.2 Å². The molecule has 0 aliphatic heterocycles. The molecule has 0 saturated heterocycles. The van der Waals surface area contributed by atoms with E-state index in [1.807, 2.05) is 52.8 Å². The zero-order chi connectivity index (χ0) is 38.9. The van der Waals surface area contributed by atoms with Crippen LogP contribution in [0.4, 0.5) is 0 Å². The predicted octanol–water partition coefficient (Wildman–Crippen LogP) is 13.1. The number of thiophene rings is 1. The molecular formula is C44H56IrNO2S-. The normalized spacial score (nSPS) is 13.6. The van der Waals surface area contributed by atoms with Crippen molar-refractivity contribution < 1.29 is 35.5 Å². The SMILES string of the molecule is CCC(CC)C(=O)/C=C(\O)C(CC)CC.[2H]c1nc(-c2[c-]c3ccccc3c(C(C)(C)C)c2)c2sc3c(C)c(CC(C)(C)C)c([2H])c([2H])c3c2c1[2H].[Ir]. The number of aromatic nitrogens is 1. The van der Waals surface area contributed by atoms with Gasteiger partial charge < -0.3 is 5.11 Å². The molecule has 5 rings (SSSR count). The summed E-state index contributed by atoms with van der Waals surface area (Å²) in [6.07, 6.45) is 5.48. The number of ketones is 1. The van der Waals surface area contributed by atoms with E-state index in [2.05, 4.69) is 64.7 Å². The van der Waals surface area contributed by atoms with Gasteiger partial charge >= 0.3 is 0 Å². The van der Waals surface area contributed by atoms with E-state index in [1.54, 1.807) is 0 Å². The van der Waals surface area contributed by atoms with Gasteiger partial charge in [0.2, 0.25) is 0 Å². The molecule has 3 nitrogen and oxygen atoms in total. The number of pyridine rings is 1. The molecule has 3 aromatic carbocycles. The third kappa shape index (κ3) is 9.48. The van der Waals surface area contributed by atoms with E-state index in [0.717, 1.165) is 62.5 Å². The summed E-state index contributed by atoms with van der Waals surface area (Å²) >= 11 is 1.53. The topological polar surface area (TPSA) is 50.2 Å². The van der Waals surface area contributed by atoms with Gasteiger partial charge in [0.1, 0.15) is 0 Å². The van der Waals surface area contributed by atoms with Gasteiger partial charge in [-0.05, 0) is 72.4 Å². The summed E-state index contributed by atoms with van der Waals surface area (Å²) in [7, 11) is 0. The molecule has 0 unspecified atom stereocenters. The molecule has 2 aromatic heterocycles. The van der Waals surface area contributed by atoms with E-state index in [1.165, 1.54) is 23.0 Å². The van der Waals surface area contributed by atoms with Crippen LogP contribution in [-0.2, 0) is 36.7 Å². The Morgan fingerprint density at radius 2 is 1.53 bits per heavy atom.